The van der Waals surface area contributed by atoms with Crippen LogP contribution in [-0.4, -0.2) is 26.4 Å². The summed E-state index contributed by atoms with van der Waals surface area (Å²) >= 11 is 0. The number of hydrogen-bond donors (Lipinski definition) is 1. The maximum atomic E-state index is 11.2. The lowest BCUT2D eigenvalue weighted by atomic mass is 10.0. The number of nitrogens with one attached hydrogen (secondary N) is 1. The van der Waals surface area contributed by atoms with Crippen molar-refractivity contribution >= 4 is 5.78 Å². The third kappa shape index (κ3) is 2.33. The van der Waals surface area contributed by atoms with Gasteiger partial charge in [0.15, 0.2) is 5.78 Å². The van der Waals surface area contributed by atoms with Crippen molar-refractivity contribution < 1.29 is 4.79 Å². The molecule has 0 unspecified atom stereocenters. The lowest BCUT2D eigenvalue weighted by Crippen LogP contribution is -1.90. The van der Waals surface area contributed by atoms with E-state index in [1.165, 1.54) is 0 Å². The Labute approximate surface area is 115 Å². The molecule has 3 aromatic rings. The zero-order valence-corrected chi connectivity index (χ0v) is 10.9. The van der Waals surface area contributed by atoms with Crippen LogP contribution in [0.15, 0.2) is 48.5 Å². The molecular weight excluding hydrogens is 252 g/mol. The Morgan fingerprint density at radius 1 is 0.900 bits per heavy atom. The van der Waals surface area contributed by atoms with E-state index < -0.39 is 0 Å². The standard InChI is InChI=1S/C15H12N4O/c1-10(20)11-2-4-12(5-3-11)13-6-8-14(9-7-13)15-16-18-19-17-15/h2-9H,1H3,(H,16,17,18,19). The molecule has 20 heavy (non-hydrogen) atoms. The maximum absolute atomic E-state index is 11.2. The lowest BCUT2D eigenvalue weighted by molar-refractivity contribution is 0.101. The molecule has 0 saturated heterocycles. The Bertz CT molecular complexity index is 716. The first kappa shape index (κ1) is 12.2. The summed E-state index contributed by atoms with van der Waals surface area (Å²) in [5.74, 6) is 0.646. The van der Waals surface area contributed by atoms with Crippen molar-refractivity contribution in [1.29, 1.82) is 0 Å². The minimum atomic E-state index is 0.0732. The highest BCUT2D eigenvalue weighted by Crippen LogP contribution is 2.23. The van der Waals surface area contributed by atoms with Crippen LogP contribution in [0.3, 0.4) is 0 Å². The van der Waals surface area contributed by atoms with Crippen LogP contribution in [0, 0.1) is 0 Å². The fraction of sp³-hybridized carbons (Fsp3) is 0.0667. The van der Waals surface area contributed by atoms with Crippen LogP contribution < -0.4 is 0 Å². The molecule has 3 rings (SSSR count). The number of carbonyl (C=O) groups excluding carboxylic acids is 1. The van der Waals surface area contributed by atoms with Gasteiger partial charge in [0.2, 0.25) is 5.82 Å². The van der Waals surface area contributed by atoms with Crippen molar-refractivity contribution in [2.24, 2.45) is 0 Å². The number of aromatic nitrogens is 4. The highest BCUT2D eigenvalue weighted by atomic mass is 16.1. The molecule has 0 bridgehead atoms. The second-order valence-corrected chi connectivity index (χ2v) is 4.45. The molecule has 0 fully saturated rings. The second kappa shape index (κ2) is 5.05. The summed E-state index contributed by atoms with van der Waals surface area (Å²) in [6.07, 6.45) is 0. The van der Waals surface area contributed by atoms with Gasteiger partial charge in [0.25, 0.3) is 0 Å². The molecule has 1 heterocycles. The third-order valence-electron chi connectivity index (χ3n) is 3.11. The smallest absolute Gasteiger partial charge is 0.204 e. The molecule has 0 radical (unpaired) electrons. The fourth-order valence-corrected chi connectivity index (χ4v) is 1.99. The van der Waals surface area contributed by atoms with Crippen LogP contribution in [0.4, 0.5) is 0 Å². The summed E-state index contributed by atoms with van der Waals surface area (Å²) < 4.78 is 0. The van der Waals surface area contributed by atoms with Gasteiger partial charge in [0.1, 0.15) is 0 Å². The van der Waals surface area contributed by atoms with Crippen molar-refractivity contribution in [2.75, 3.05) is 0 Å². The predicted octanol–water partition coefficient (Wildman–Crippen LogP) is 2.74. The minimum Gasteiger partial charge on any atom is -0.295 e. The topological polar surface area (TPSA) is 71.5 Å². The first-order valence-electron chi connectivity index (χ1n) is 6.19. The van der Waals surface area contributed by atoms with Crippen LogP contribution in [-0.2, 0) is 0 Å². The van der Waals surface area contributed by atoms with Crippen LogP contribution in [0.2, 0.25) is 0 Å². The largest absolute Gasteiger partial charge is 0.295 e. The van der Waals surface area contributed by atoms with Gasteiger partial charge in [-0.05, 0) is 23.3 Å². The molecule has 5 heteroatoms. The van der Waals surface area contributed by atoms with Crippen molar-refractivity contribution in [3.8, 4) is 22.5 Å². The number of carbonyl (C=O) groups is 1. The Balaban J connectivity index is 1.89. The first-order valence-corrected chi connectivity index (χ1v) is 6.19. The molecule has 0 amide bonds. The average Bonchev–Trinajstić information content (AvgIpc) is 3.02. The molecule has 0 saturated carbocycles. The number of H-pyrrole nitrogens is 1. The number of benzene rings is 2. The Hall–Kier alpha value is -2.82. The molecule has 0 aliphatic rings. The summed E-state index contributed by atoms with van der Waals surface area (Å²) in [7, 11) is 0. The highest BCUT2D eigenvalue weighted by molar-refractivity contribution is 5.94. The summed E-state index contributed by atoms with van der Waals surface area (Å²) in [5.41, 5.74) is 3.77. The van der Waals surface area contributed by atoms with Gasteiger partial charge in [-0.3, -0.25) is 4.79 Å². The van der Waals surface area contributed by atoms with E-state index in [0.29, 0.717) is 5.82 Å². The summed E-state index contributed by atoms with van der Waals surface area (Å²) in [5, 5.41) is 13.8. The summed E-state index contributed by atoms with van der Waals surface area (Å²) in [6, 6.07) is 15.4. The minimum absolute atomic E-state index is 0.0732. The van der Waals surface area contributed by atoms with E-state index in [4.69, 9.17) is 0 Å². The van der Waals surface area contributed by atoms with Gasteiger partial charge in [0.05, 0.1) is 0 Å². The van der Waals surface area contributed by atoms with E-state index in [0.717, 1.165) is 22.3 Å². The highest BCUT2D eigenvalue weighted by Gasteiger charge is 2.04. The van der Waals surface area contributed by atoms with Gasteiger partial charge in [-0.15, -0.1) is 10.2 Å². The zero-order valence-electron chi connectivity index (χ0n) is 10.9. The molecule has 0 spiro atoms. The van der Waals surface area contributed by atoms with Crippen molar-refractivity contribution in [3.05, 3.63) is 54.1 Å². The number of aromatic amines is 1. The van der Waals surface area contributed by atoms with Gasteiger partial charge in [-0.2, -0.15) is 5.21 Å². The van der Waals surface area contributed by atoms with Gasteiger partial charge >= 0.3 is 0 Å². The molecule has 1 aromatic heterocycles. The van der Waals surface area contributed by atoms with E-state index in [-0.39, 0.29) is 5.78 Å². The van der Waals surface area contributed by atoms with E-state index >= 15 is 0 Å². The number of hydrogen-bond acceptors (Lipinski definition) is 4. The van der Waals surface area contributed by atoms with Gasteiger partial charge in [0, 0.05) is 11.1 Å². The van der Waals surface area contributed by atoms with Crippen LogP contribution in [0.5, 0.6) is 0 Å². The molecule has 5 nitrogen and oxygen atoms in total. The number of tetrazole rings is 1. The lowest BCUT2D eigenvalue weighted by Gasteiger charge is -2.03. The molecular formula is C15H12N4O. The first-order chi connectivity index (χ1) is 9.74. The van der Waals surface area contributed by atoms with Crippen LogP contribution in [0.25, 0.3) is 22.5 Å². The predicted molar refractivity (Wildman–Crippen MR) is 75.1 cm³/mol. The van der Waals surface area contributed by atoms with Gasteiger partial charge < -0.3 is 0 Å². The number of nitrogens with zero attached hydrogens (tertiary/aromatic N) is 3. The second-order valence-electron chi connectivity index (χ2n) is 4.45. The molecule has 0 aliphatic carbocycles. The molecule has 2 aromatic carbocycles. The SMILES string of the molecule is CC(=O)c1ccc(-c2ccc(-c3nn[nH]n3)cc2)cc1. The average molecular weight is 264 g/mol. The van der Waals surface area contributed by atoms with Crippen molar-refractivity contribution in [1.82, 2.24) is 20.6 Å². The van der Waals surface area contributed by atoms with E-state index in [9.17, 15) is 4.79 Å². The fourth-order valence-electron chi connectivity index (χ4n) is 1.99. The van der Waals surface area contributed by atoms with E-state index in [1.54, 1.807) is 6.92 Å². The molecule has 0 aliphatic heterocycles. The molecule has 1 N–H and O–H groups in total. The monoisotopic (exact) mass is 264 g/mol. The van der Waals surface area contributed by atoms with Crippen molar-refractivity contribution in [3.63, 3.8) is 0 Å². The zero-order chi connectivity index (χ0) is 13.9. The summed E-state index contributed by atoms with van der Waals surface area (Å²) in [6.45, 7) is 1.56. The van der Waals surface area contributed by atoms with E-state index in [1.807, 2.05) is 48.5 Å². The van der Waals surface area contributed by atoms with Crippen LogP contribution >= 0.6 is 0 Å². The number of ketones is 1. The normalized spacial score (nSPS) is 10.4. The van der Waals surface area contributed by atoms with Gasteiger partial charge in [-0.25, -0.2) is 0 Å². The van der Waals surface area contributed by atoms with Crippen molar-refractivity contribution in [2.45, 2.75) is 6.92 Å². The number of rotatable bonds is 3. The Morgan fingerprint density at radius 3 is 1.95 bits per heavy atom. The Morgan fingerprint density at radius 2 is 1.45 bits per heavy atom. The molecule has 0 atom stereocenters. The quantitative estimate of drug-likeness (QED) is 0.738. The number of Topliss-reactive ketones (excluding diaryl/α,β-unsaturated/α-hetero) is 1. The van der Waals surface area contributed by atoms with E-state index in [2.05, 4.69) is 20.6 Å². The molecule has 98 valence electrons. The van der Waals surface area contributed by atoms with Gasteiger partial charge in [-0.1, -0.05) is 48.5 Å². The summed E-state index contributed by atoms with van der Waals surface area (Å²) in [4.78, 5) is 11.2. The Kier molecular flexibility index (Phi) is 3.09. The third-order valence-corrected chi connectivity index (χ3v) is 3.11. The van der Waals surface area contributed by atoms with Crippen LogP contribution in [0.1, 0.15) is 17.3 Å². The maximum Gasteiger partial charge on any atom is 0.204 e.